The lowest BCUT2D eigenvalue weighted by molar-refractivity contribution is 0.358. The van der Waals surface area contributed by atoms with Crippen molar-refractivity contribution in [2.75, 3.05) is 14.2 Å². The molecule has 3 aromatic rings. The van der Waals surface area contributed by atoms with Crippen LogP contribution < -0.4 is 9.47 Å². The molecule has 22 heavy (non-hydrogen) atoms. The standard InChI is InChI=1S/C16H17N3O2S/c1-9(2)11-7-22-16(19-11)14-13-10(17-8-18-14)5-6-12(20-3)15(13)21-4/h5-9H,1-4H3. The van der Waals surface area contributed by atoms with Crippen molar-refractivity contribution in [2.45, 2.75) is 19.8 Å². The molecule has 114 valence electrons. The Kier molecular flexibility index (Phi) is 3.94. The SMILES string of the molecule is COc1ccc2ncnc(-c3nc(C(C)C)cs3)c2c1OC. The predicted octanol–water partition coefficient (Wildman–Crippen LogP) is 3.89. The van der Waals surface area contributed by atoms with Gasteiger partial charge in [0, 0.05) is 5.38 Å². The van der Waals surface area contributed by atoms with Gasteiger partial charge in [0.15, 0.2) is 11.5 Å². The molecule has 0 atom stereocenters. The van der Waals surface area contributed by atoms with Crippen LogP contribution in [0.5, 0.6) is 11.5 Å². The number of aromatic nitrogens is 3. The zero-order chi connectivity index (χ0) is 15.7. The number of thiazole rings is 1. The Morgan fingerprint density at radius 1 is 1.09 bits per heavy atom. The summed E-state index contributed by atoms with van der Waals surface area (Å²) in [6, 6.07) is 3.75. The van der Waals surface area contributed by atoms with Crippen molar-refractivity contribution in [1.29, 1.82) is 0 Å². The van der Waals surface area contributed by atoms with Crippen molar-refractivity contribution in [3.63, 3.8) is 0 Å². The third-order valence-electron chi connectivity index (χ3n) is 3.46. The molecule has 0 radical (unpaired) electrons. The first-order valence-corrected chi connectivity index (χ1v) is 7.85. The normalized spacial score (nSPS) is 11.1. The van der Waals surface area contributed by atoms with Gasteiger partial charge in [0.2, 0.25) is 0 Å². The summed E-state index contributed by atoms with van der Waals surface area (Å²) in [7, 11) is 3.24. The lowest BCUT2D eigenvalue weighted by Crippen LogP contribution is -1.96. The van der Waals surface area contributed by atoms with Crippen molar-refractivity contribution in [3.05, 3.63) is 29.5 Å². The Bertz CT molecular complexity index is 814. The first-order valence-electron chi connectivity index (χ1n) is 6.97. The van der Waals surface area contributed by atoms with Gasteiger partial charge in [-0.1, -0.05) is 13.8 Å². The van der Waals surface area contributed by atoms with Gasteiger partial charge in [-0.05, 0) is 18.1 Å². The molecule has 0 aliphatic rings. The number of benzene rings is 1. The first-order chi connectivity index (χ1) is 10.7. The minimum atomic E-state index is 0.384. The predicted molar refractivity (Wildman–Crippen MR) is 87.8 cm³/mol. The fourth-order valence-electron chi connectivity index (χ4n) is 2.29. The number of fused-ring (bicyclic) bond motifs is 1. The van der Waals surface area contributed by atoms with Crippen LogP contribution in [0.1, 0.15) is 25.5 Å². The minimum Gasteiger partial charge on any atom is -0.493 e. The van der Waals surface area contributed by atoms with Crippen molar-refractivity contribution in [3.8, 4) is 22.2 Å². The second-order valence-corrected chi connectivity index (χ2v) is 6.01. The molecule has 0 saturated carbocycles. The Labute approximate surface area is 133 Å². The van der Waals surface area contributed by atoms with E-state index < -0.39 is 0 Å². The van der Waals surface area contributed by atoms with Gasteiger partial charge in [-0.2, -0.15) is 0 Å². The molecular weight excluding hydrogens is 298 g/mol. The molecule has 0 aliphatic heterocycles. The Morgan fingerprint density at radius 2 is 1.91 bits per heavy atom. The van der Waals surface area contributed by atoms with Crippen LogP contribution in [0.2, 0.25) is 0 Å². The summed E-state index contributed by atoms with van der Waals surface area (Å²) in [5, 5.41) is 3.76. The van der Waals surface area contributed by atoms with E-state index in [0.29, 0.717) is 17.4 Å². The summed E-state index contributed by atoms with van der Waals surface area (Å²) < 4.78 is 10.9. The fraction of sp³-hybridized carbons (Fsp3) is 0.312. The molecule has 0 N–H and O–H groups in total. The molecule has 2 heterocycles. The molecule has 2 aromatic heterocycles. The van der Waals surface area contributed by atoms with Gasteiger partial charge in [-0.3, -0.25) is 0 Å². The van der Waals surface area contributed by atoms with Crippen molar-refractivity contribution in [2.24, 2.45) is 0 Å². The summed E-state index contributed by atoms with van der Waals surface area (Å²) in [6.07, 6.45) is 1.56. The number of hydrogen-bond acceptors (Lipinski definition) is 6. The highest BCUT2D eigenvalue weighted by Gasteiger charge is 2.18. The van der Waals surface area contributed by atoms with E-state index in [1.54, 1.807) is 31.9 Å². The van der Waals surface area contributed by atoms with E-state index in [1.807, 2.05) is 12.1 Å². The smallest absolute Gasteiger partial charge is 0.172 e. The van der Waals surface area contributed by atoms with Crippen LogP contribution in [-0.2, 0) is 0 Å². The van der Waals surface area contributed by atoms with Gasteiger partial charge in [0.25, 0.3) is 0 Å². The van der Waals surface area contributed by atoms with Crippen LogP contribution in [-0.4, -0.2) is 29.2 Å². The average Bonchev–Trinajstić information content (AvgIpc) is 3.03. The molecule has 5 nitrogen and oxygen atoms in total. The maximum Gasteiger partial charge on any atom is 0.172 e. The second kappa shape index (κ2) is 5.88. The molecule has 1 aromatic carbocycles. The van der Waals surface area contributed by atoms with Gasteiger partial charge < -0.3 is 9.47 Å². The highest BCUT2D eigenvalue weighted by Crippen LogP contribution is 2.40. The number of ether oxygens (including phenoxy) is 2. The quantitative estimate of drug-likeness (QED) is 0.731. The van der Waals surface area contributed by atoms with E-state index in [0.717, 1.165) is 27.3 Å². The Morgan fingerprint density at radius 3 is 2.55 bits per heavy atom. The summed E-state index contributed by atoms with van der Waals surface area (Å²) in [5.74, 6) is 1.68. The molecular formula is C16H17N3O2S. The van der Waals surface area contributed by atoms with Crippen molar-refractivity contribution < 1.29 is 9.47 Å². The minimum absolute atomic E-state index is 0.384. The fourth-order valence-corrected chi connectivity index (χ4v) is 3.27. The van der Waals surface area contributed by atoms with Gasteiger partial charge in [0.05, 0.1) is 30.8 Å². The average molecular weight is 315 g/mol. The second-order valence-electron chi connectivity index (χ2n) is 5.15. The summed E-state index contributed by atoms with van der Waals surface area (Å²) >= 11 is 1.58. The topological polar surface area (TPSA) is 57.1 Å². The van der Waals surface area contributed by atoms with E-state index in [4.69, 9.17) is 14.5 Å². The van der Waals surface area contributed by atoms with Crippen LogP contribution in [0.15, 0.2) is 23.8 Å². The maximum atomic E-state index is 5.54. The lowest BCUT2D eigenvalue weighted by atomic mass is 10.1. The molecule has 0 aliphatic carbocycles. The van der Waals surface area contributed by atoms with Crippen LogP contribution in [0.3, 0.4) is 0 Å². The summed E-state index contributed by atoms with van der Waals surface area (Å²) in [4.78, 5) is 13.5. The lowest BCUT2D eigenvalue weighted by Gasteiger charge is -2.11. The Hall–Kier alpha value is -2.21. The molecule has 0 bridgehead atoms. The number of hydrogen-bond donors (Lipinski definition) is 0. The molecule has 6 heteroatoms. The van der Waals surface area contributed by atoms with Crippen molar-refractivity contribution >= 4 is 22.2 Å². The molecule has 0 spiro atoms. The van der Waals surface area contributed by atoms with E-state index >= 15 is 0 Å². The van der Waals surface area contributed by atoms with Crippen LogP contribution in [0, 0.1) is 0 Å². The number of rotatable bonds is 4. The third kappa shape index (κ3) is 2.39. The van der Waals surface area contributed by atoms with E-state index in [2.05, 4.69) is 29.2 Å². The zero-order valence-corrected chi connectivity index (χ0v) is 13.8. The van der Waals surface area contributed by atoms with Crippen LogP contribution >= 0.6 is 11.3 Å². The van der Waals surface area contributed by atoms with E-state index in [9.17, 15) is 0 Å². The highest BCUT2D eigenvalue weighted by molar-refractivity contribution is 7.13. The van der Waals surface area contributed by atoms with E-state index in [-0.39, 0.29) is 0 Å². The summed E-state index contributed by atoms with van der Waals surface area (Å²) in [6.45, 7) is 4.25. The molecule has 0 amide bonds. The van der Waals surface area contributed by atoms with Crippen LogP contribution in [0.25, 0.3) is 21.6 Å². The summed E-state index contributed by atoms with van der Waals surface area (Å²) in [5.41, 5.74) is 2.65. The molecule has 3 rings (SSSR count). The first kappa shape index (κ1) is 14.7. The maximum absolute atomic E-state index is 5.54. The molecule has 0 unspecified atom stereocenters. The highest BCUT2D eigenvalue weighted by atomic mass is 32.1. The third-order valence-corrected chi connectivity index (χ3v) is 4.33. The van der Waals surface area contributed by atoms with Gasteiger partial charge in [-0.15, -0.1) is 11.3 Å². The largest absolute Gasteiger partial charge is 0.493 e. The van der Waals surface area contributed by atoms with Crippen molar-refractivity contribution in [1.82, 2.24) is 15.0 Å². The van der Waals surface area contributed by atoms with Crippen LogP contribution in [0.4, 0.5) is 0 Å². The van der Waals surface area contributed by atoms with Gasteiger partial charge in [0.1, 0.15) is 17.0 Å². The Balaban J connectivity index is 2.28. The zero-order valence-electron chi connectivity index (χ0n) is 13.0. The molecule has 0 saturated heterocycles. The number of nitrogens with zero attached hydrogens (tertiary/aromatic N) is 3. The number of methoxy groups -OCH3 is 2. The van der Waals surface area contributed by atoms with Gasteiger partial charge >= 0.3 is 0 Å². The monoisotopic (exact) mass is 315 g/mol. The molecule has 0 fully saturated rings. The van der Waals surface area contributed by atoms with E-state index in [1.165, 1.54) is 0 Å². The van der Waals surface area contributed by atoms with Gasteiger partial charge in [-0.25, -0.2) is 15.0 Å².